The van der Waals surface area contributed by atoms with Crippen molar-refractivity contribution in [3.63, 3.8) is 0 Å². The van der Waals surface area contributed by atoms with E-state index >= 15 is 0 Å². The summed E-state index contributed by atoms with van der Waals surface area (Å²) in [7, 11) is 5.48. The monoisotopic (exact) mass is 464 g/mol. The Hall–Kier alpha value is -2.69. The number of amides is 3. The average molecular weight is 465 g/mol. The molecule has 9 nitrogen and oxygen atoms in total. The largest absolute Gasteiger partial charge is 0.322 e. The van der Waals surface area contributed by atoms with Gasteiger partial charge in [-0.1, -0.05) is 11.6 Å². The maximum Gasteiger partial charge on any atom is 0.322 e. The first-order valence-corrected chi connectivity index (χ1v) is 10.7. The van der Waals surface area contributed by atoms with Crippen molar-refractivity contribution in [2.24, 2.45) is 0 Å². The first kappa shape index (κ1) is 22.5. The standard InChI is InChI=1S/C21H26ClFN6O3/c1-12-7-18-15(11-28(12)21(31)24-13-5-6-17(23)16(22)8-13)19-20(30)27(4)32-14(9-26(2)3)10-29(19)25-18/h5-6,8,12,14H,7,9-11H2,1-4H3,(H,24,31). The number of hydrogen-bond acceptors (Lipinski definition) is 5. The van der Waals surface area contributed by atoms with Gasteiger partial charge in [0.25, 0.3) is 5.91 Å². The molecule has 1 aromatic carbocycles. The van der Waals surface area contributed by atoms with Crippen LogP contribution in [0.2, 0.25) is 5.02 Å². The quantitative estimate of drug-likeness (QED) is 0.755. The molecule has 11 heteroatoms. The molecule has 2 unspecified atom stereocenters. The van der Waals surface area contributed by atoms with Gasteiger partial charge in [-0.05, 0) is 39.2 Å². The van der Waals surface area contributed by atoms with Gasteiger partial charge in [0.05, 0.1) is 23.8 Å². The molecule has 0 fully saturated rings. The van der Waals surface area contributed by atoms with Crippen LogP contribution in [0.4, 0.5) is 14.9 Å². The fourth-order valence-electron chi connectivity index (χ4n) is 4.15. The fraction of sp³-hybridized carbons (Fsp3) is 0.476. The molecule has 0 bridgehead atoms. The normalized spacial score (nSPS) is 20.8. The lowest BCUT2D eigenvalue weighted by molar-refractivity contribution is -0.152. The molecule has 3 heterocycles. The van der Waals surface area contributed by atoms with Crippen molar-refractivity contribution < 1.29 is 18.8 Å². The Morgan fingerprint density at radius 3 is 2.84 bits per heavy atom. The molecule has 0 aliphatic carbocycles. The first-order chi connectivity index (χ1) is 15.1. The smallest absolute Gasteiger partial charge is 0.317 e. The van der Waals surface area contributed by atoms with Crippen molar-refractivity contribution in [1.29, 1.82) is 0 Å². The van der Waals surface area contributed by atoms with E-state index in [1.807, 2.05) is 25.9 Å². The topological polar surface area (TPSA) is 82.9 Å². The molecule has 2 atom stereocenters. The van der Waals surface area contributed by atoms with Crippen LogP contribution in [0.1, 0.15) is 28.7 Å². The third-order valence-corrected chi connectivity index (χ3v) is 5.95. The Bertz CT molecular complexity index is 1060. The number of nitrogens with one attached hydrogen (secondary N) is 1. The minimum absolute atomic E-state index is 0.0698. The maximum absolute atomic E-state index is 13.4. The van der Waals surface area contributed by atoms with Gasteiger partial charge in [0.1, 0.15) is 17.6 Å². The summed E-state index contributed by atoms with van der Waals surface area (Å²) in [5.41, 5.74) is 2.37. The van der Waals surface area contributed by atoms with Crippen LogP contribution in [-0.4, -0.2) is 76.4 Å². The highest BCUT2D eigenvalue weighted by Crippen LogP contribution is 2.29. The summed E-state index contributed by atoms with van der Waals surface area (Å²) in [5, 5.41) is 8.63. The molecule has 0 spiro atoms. The second kappa shape index (κ2) is 8.68. The summed E-state index contributed by atoms with van der Waals surface area (Å²) in [6, 6.07) is 3.51. The molecular formula is C21H26ClFN6O3. The van der Waals surface area contributed by atoms with E-state index in [1.54, 1.807) is 16.6 Å². The van der Waals surface area contributed by atoms with Gasteiger partial charge in [-0.2, -0.15) is 5.10 Å². The predicted octanol–water partition coefficient (Wildman–Crippen LogP) is 2.60. The molecule has 2 aliphatic rings. The molecule has 2 aromatic rings. The van der Waals surface area contributed by atoms with Crippen LogP contribution in [0, 0.1) is 5.82 Å². The van der Waals surface area contributed by atoms with Crippen LogP contribution in [0.15, 0.2) is 18.2 Å². The van der Waals surface area contributed by atoms with Crippen molar-refractivity contribution in [2.75, 3.05) is 33.0 Å². The number of halogens is 2. The number of hydrogen-bond donors (Lipinski definition) is 1. The number of anilines is 1. The molecule has 0 radical (unpaired) electrons. The number of aromatic nitrogens is 2. The Morgan fingerprint density at radius 1 is 1.41 bits per heavy atom. The van der Waals surface area contributed by atoms with E-state index in [0.29, 0.717) is 30.9 Å². The minimum atomic E-state index is -0.555. The van der Waals surface area contributed by atoms with Gasteiger partial charge in [0.2, 0.25) is 0 Å². The Balaban J connectivity index is 1.60. The number of carbonyl (C=O) groups excluding carboxylic acids is 2. The van der Waals surface area contributed by atoms with Crippen molar-refractivity contribution in [3.05, 3.63) is 46.0 Å². The van der Waals surface area contributed by atoms with E-state index in [-0.39, 0.29) is 35.7 Å². The molecule has 0 saturated heterocycles. The number of benzene rings is 1. The molecule has 3 amide bonds. The van der Waals surface area contributed by atoms with Gasteiger partial charge in [0, 0.05) is 37.3 Å². The molecule has 0 saturated carbocycles. The van der Waals surface area contributed by atoms with Crippen molar-refractivity contribution in [2.45, 2.75) is 38.6 Å². The van der Waals surface area contributed by atoms with Crippen molar-refractivity contribution in [3.8, 4) is 0 Å². The van der Waals surface area contributed by atoms with Gasteiger partial charge < -0.3 is 15.1 Å². The number of likely N-dealkylation sites (N-methyl/N-ethyl adjacent to an activating group) is 1. The number of hydroxylamine groups is 2. The molecule has 172 valence electrons. The zero-order valence-corrected chi connectivity index (χ0v) is 19.2. The zero-order valence-electron chi connectivity index (χ0n) is 18.4. The van der Waals surface area contributed by atoms with E-state index in [0.717, 1.165) is 11.3 Å². The maximum atomic E-state index is 13.4. The van der Waals surface area contributed by atoms with Crippen LogP contribution in [-0.2, 0) is 24.3 Å². The van der Waals surface area contributed by atoms with Gasteiger partial charge in [-0.25, -0.2) is 14.2 Å². The predicted molar refractivity (Wildman–Crippen MR) is 117 cm³/mol. The molecule has 32 heavy (non-hydrogen) atoms. The van der Waals surface area contributed by atoms with Gasteiger partial charge in [0.15, 0.2) is 0 Å². The van der Waals surface area contributed by atoms with Crippen LogP contribution >= 0.6 is 11.6 Å². The summed E-state index contributed by atoms with van der Waals surface area (Å²) in [4.78, 5) is 35.5. The SMILES string of the molecule is CC1Cc2nn3c(c2CN1C(=O)Nc1ccc(F)c(Cl)c1)C(=O)N(C)OC(CN(C)C)C3. The molecule has 2 aliphatic heterocycles. The highest BCUT2D eigenvalue weighted by Gasteiger charge is 2.37. The second-order valence-corrected chi connectivity index (χ2v) is 8.90. The van der Waals surface area contributed by atoms with Gasteiger partial charge >= 0.3 is 6.03 Å². The summed E-state index contributed by atoms with van der Waals surface area (Å²) < 4.78 is 15.1. The first-order valence-electron chi connectivity index (χ1n) is 10.3. The Morgan fingerprint density at radius 2 is 2.16 bits per heavy atom. The lowest BCUT2D eigenvalue weighted by Crippen LogP contribution is -2.45. The molecule has 1 aromatic heterocycles. The van der Waals surface area contributed by atoms with E-state index in [9.17, 15) is 14.0 Å². The van der Waals surface area contributed by atoms with Gasteiger partial charge in [-0.15, -0.1) is 0 Å². The van der Waals surface area contributed by atoms with Gasteiger partial charge in [-0.3, -0.25) is 14.3 Å². The Kier molecular flexibility index (Phi) is 6.11. The lowest BCUT2D eigenvalue weighted by atomic mass is 9.99. The third kappa shape index (κ3) is 4.30. The summed E-state index contributed by atoms with van der Waals surface area (Å²) in [6.45, 7) is 3.22. The van der Waals surface area contributed by atoms with Crippen LogP contribution in [0.5, 0.6) is 0 Å². The summed E-state index contributed by atoms with van der Waals surface area (Å²) in [6.07, 6.45) is 0.282. The molecule has 4 rings (SSSR count). The lowest BCUT2D eigenvalue weighted by Gasteiger charge is -2.33. The van der Waals surface area contributed by atoms with Crippen molar-refractivity contribution in [1.82, 2.24) is 24.6 Å². The highest BCUT2D eigenvalue weighted by atomic mass is 35.5. The fourth-order valence-corrected chi connectivity index (χ4v) is 4.33. The van der Waals surface area contributed by atoms with E-state index < -0.39 is 5.82 Å². The van der Waals surface area contributed by atoms with Crippen molar-refractivity contribution >= 4 is 29.2 Å². The van der Waals surface area contributed by atoms with Crippen LogP contribution in [0.3, 0.4) is 0 Å². The average Bonchev–Trinajstić information content (AvgIpc) is 2.99. The van der Waals surface area contributed by atoms with Crippen LogP contribution < -0.4 is 5.32 Å². The number of urea groups is 1. The highest BCUT2D eigenvalue weighted by molar-refractivity contribution is 6.31. The second-order valence-electron chi connectivity index (χ2n) is 8.49. The minimum Gasteiger partial charge on any atom is -0.317 e. The number of fused-ring (bicyclic) bond motifs is 3. The van der Waals surface area contributed by atoms with E-state index in [1.165, 1.54) is 23.3 Å². The molecular weight excluding hydrogens is 439 g/mol. The number of nitrogens with zero attached hydrogens (tertiary/aromatic N) is 5. The van der Waals surface area contributed by atoms with E-state index in [4.69, 9.17) is 21.5 Å². The summed E-state index contributed by atoms with van der Waals surface area (Å²) >= 11 is 5.82. The summed E-state index contributed by atoms with van der Waals surface area (Å²) in [5.74, 6) is -0.846. The zero-order chi connectivity index (χ0) is 23.2. The molecule has 1 N–H and O–H groups in total. The number of rotatable bonds is 3. The van der Waals surface area contributed by atoms with Crippen LogP contribution in [0.25, 0.3) is 0 Å². The third-order valence-electron chi connectivity index (χ3n) is 5.66. The van der Waals surface area contributed by atoms with E-state index in [2.05, 4.69) is 5.32 Å². The Labute approximate surface area is 190 Å². The number of carbonyl (C=O) groups is 2.